The first-order chi connectivity index (χ1) is 14.8. The Morgan fingerprint density at radius 3 is 2.70 bits per heavy atom. The van der Waals surface area contributed by atoms with Gasteiger partial charge in [0.1, 0.15) is 11.3 Å². The largest absolute Gasteiger partial charge is 0.493 e. The maximum absolute atomic E-state index is 13.1. The number of rotatable bonds is 12. The molecule has 1 saturated carbocycles. The molecule has 0 radical (unpaired) electrons. The lowest BCUT2D eigenvalue weighted by Crippen LogP contribution is -2.22. The van der Waals surface area contributed by atoms with Crippen molar-refractivity contribution in [1.29, 1.82) is 0 Å². The highest BCUT2D eigenvalue weighted by Crippen LogP contribution is 2.30. The van der Waals surface area contributed by atoms with E-state index in [1.165, 1.54) is 24.6 Å². The van der Waals surface area contributed by atoms with Crippen molar-refractivity contribution in [2.45, 2.75) is 24.9 Å². The summed E-state index contributed by atoms with van der Waals surface area (Å²) in [5.41, 5.74) is 1.82. The zero-order valence-corrected chi connectivity index (χ0v) is 18.0. The third kappa shape index (κ3) is 5.24. The van der Waals surface area contributed by atoms with Crippen LogP contribution < -0.4 is 10.3 Å². The van der Waals surface area contributed by atoms with Crippen LogP contribution in [0.3, 0.4) is 0 Å². The topological polar surface area (TPSA) is 78.4 Å². The molecule has 1 aliphatic carbocycles. The van der Waals surface area contributed by atoms with Crippen molar-refractivity contribution in [2.24, 2.45) is 5.92 Å². The number of benzene rings is 1. The van der Waals surface area contributed by atoms with Crippen molar-refractivity contribution >= 4 is 22.8 Å². The van der Waals surface area contributed by atoms with Crippen LogP contribution >= 0.6 is 11.8 Å². The van der Waals surface area contributed by atoms with Crippen LogP contribution in [-0.2, 0) is 9.47 Å². The van der Waals surface area contributed by atoms with Gasteiger partial charge in [-0.1, -0.05) is 11.8 Å². The predicted molar refractivity (Wildman–Crippen MR) is 118 cm³/mol. The third-order valence-electron chi connectivity index (χ3n) is 4.86. The Morgan fingerprint density at radius 1 is 1.13 bits per heavy atom. The van der Waals surface area contributed by atoms with Crippen molar-refractivity contribution in [3.63, 3.8) is 0 Å². The summed E-state index contributed by atoms with van der Waals surface area (Å²) in [6.45, 7) is 5.13. The molecule has 0 bridgehead atoms. The standard InChI is InChI=1S/C22H27N3O4S/c1-2-27-11-12-28-13-14-30-22-24-19-9-10-23-20(19)21(26)25(22)17-5-7-18(8-6-17)29-15-16-3-4-16/h5-10,16,23H,2-4,11-15H2,1H3. The first-order valence-electron chi connectivity index (χ1n) is 10.4. The highest BCUT2D eigenvalue weighted by Gasteiger charge is 2.22. The summed E-state index contributed by atoms with van der Waals surface area (Å²) in [6.07, 6.45) is 4.25. The Labute approximate surface area is 179 Å². The Hall–Kier alpha value is -2.29. The van der Waals surface area contributed by atoms with Crippen LogP contribution in [0.5, 0.6) is 5.75 Å². The Kier molecular flexibility index (Phi) is 7.09. The van der Waals surface area contributed by atoms with Crippen molar-refractivity contribution in [3.05, 3.63) is 46.9 Å². The number of hydrogen-bond acceptors (Lipinski definition) is 6. The zero-order chi connectivity index (χ0) is 20.8. The molecule has 0 atom stereocenters. The first kappa shape index (κ1) is 21.0. The van der Waals surface area contributed by atoms with Crippen LogP contribution in [-0.4, -0.2) is 53.3 Å². The molecule has 2 heterocycles. The second kappa shape index (κ2) is 10.1. The molecular weight excluding hydrogens is 402 g/mol. The van der Waals surface area contributed by atoms with E-state index in [2.05, 4.69) is 4.98 Å². The van der Waals surface area contributed by atoms with E-state index in [9.17, 15) is 4.79 Å². The van der Waals surface area contributed by atoms with Gasteiger partial charge in [-0.25, -0.2) is 4.98 Å². The van der Waals surface area contributed by atoms with E-state index in [4.69, 9.17) is 19.2 Å². The van der Waals surface area contributed by atoms with Gasteiger partial charge in [0.25, 0.3) is 5.56 Å². The lowest BCUT2D eigenvalue weighted by atomic mass is 10.3. The average Bonchev–Trinajstić information content (AvgIpc) is 3.47. The number of aromatic nitrogens is 3. The molecule has 0 spiro atoms. The zero-order valence-electron chi connectivity index (χ0n) is 17.1. The van der Waals surface area contributed by atoms with Gasteiger partial charge in [0, 0.05) is 18.6 Å². The van der Waals surface area contributed by atoms with Gasteiger partial charge >= 0.3 is 0 Å². The monoisotopic (exact) mass is 429 g/mol. The molecule has 1 aromatic carbocycles. The SMILES string of the molecule is CCOCCOCCSc1nc2cc[nH]c2c(=O)n1-c1ccc(OCC2CC2)cc1. The summed E-state index contributed by atoms with van der Waals surface area (Å²) in [4.78, 5) is 20.8. The van der Waals surface area contributed by atoms with E-state index >= 15 is 0 Å². The lowest BCUT2D eigenvalue weighted by molar-refractivity contribution is 0.0594. The van der Waals surface area contributed by atoms with Crippen molar-refractivity contribution in [2.75, 3.05) is 38.8 Å². The van der Waals surface area contributed by atoms with E-state index in [0.29, 0.717) is 54.3 Å². The van der Waals surface area contributed by atoms with Crippen LogP contribution in [0.15, 0.2) is 46.5 Å². The van der Waals surface area contributed by atoms with E-state index < -0.39 is 0 Å². The summed E-state index contributed by atoms with van der Waals surface area (Å²) in [6, 6.07) is 9.45. The van der Waals surface area contributed by atoms with Gasteiger partial charge in [-0.05, 0) is 56.0 Å². The normalized spacial score (nSPS) is 13.8. The maximum atomic E-state index is 13.1. The Bertz CT molecular complexity index is 1010. The van der Waals surface area contributed by atoms with Gasteiger partial charge in [-0.15, -0.1) is 0 Å². The van der Waals surface area contributed by atoms with Crippen LogP contribution in [0.25, 0.3) is 16.7 Å². The average molecular weight is 430 g/mol. The number of nitrogens with zero attached hydrogens (tertiary/aromatic N) is 2. The van der Waals surface area contributed by atoms with Crippen LogP contribution in [0.4, 0.5) is 0 Å². The molecule has 1 aliphatic rings. The van der Waals surface area contributed by atoms with Gasteiger partial charge in [-0.2, -0.15) is 0 Å². The molecular formula is C22H27N3O4S. The molecule has 4 rings (SSSR count). The molecule has 0 aliphatic heterocycles. The number of hydrogen-bond donors (Lipinski definition) is 1. The molecule has 1 fully saturated rings. The summed E-state index contributed by atoms with van der Waals surface area (Å²) in [5, 5.41) is 0.646. The molecule has 3 aromatic rings. The van der Waals surface area contributed by atoms with Gasteiger partial charge < -0.3 is 19.2 Å². The molecule has 8 heteroatoms. The van der Waals surface area contributed by atoms with Gasteiger partial charge in [0.05, 0.1) is 37.6 Å². The molecule has 0 unspecified atom stereocenters. The molecule has 0 amide bonds. The Balaban J connectivity index is 1.49. The van der Waals surface area contributed by atoms with Crippen molar-refractivity contribution in [1.82, 2.24) is 14.5 Å². The van der Waals surface area contributed by atoms with Crippen LogP contribution in [0.2, 0.25) is 0 Å². The highest BCUT2D eigenvalue weighted by molar-refractivity contribution is 7.99. The Morgan fingerprint density at radius 2 is 1.93 bits per heavy atom. The number of ether oxygens (including phenoxy) is 3. The van der Waals surface area contributed by atoms with E-state index in [0.717, 1.165) is 18.0 Å². The number of H-pyrrole nitrogens is 1. The van der Waals surface area contributed by atoms with Gasteiger partial charge in [0.15, 0.2) is 5.16 Å². The van der Waals surface area contributed by atoms with Crippen LogP contribution in [0.1, 0.15) is 19.8 Å². The number of thioether (sulfide) groups is 1. The molecule has 2 aromatic heterocycles. The summed E-state index contributed by atoms with van der Waals surface area (Å²) >= 11 is 1.51. The fraction of sp³-hybridized carbons (Fsp3) is 0.455. The minimum absolute atomic E-state index is 0.114. The first-order valence-corrected chi connectivity index (χ1v) is 11.4. The third-order valence-corrected chi connectivity index (χ3v) is 5.76. The molecule has 1 N–H and O–H groups in total. The van der Waals surface area contributed by atoms with Crippen molar-refractivity contribution in [3.8, 4) is 11.4 Å². The minimum atomic E-state index is -0.114. The molecule has 0 saturated heterocycles. The number of fused-ring (bicyclic) bond motifs is 1. The molecule has 160 valence electrons. The second-order valence-corrected chi connectivity index (χ2v) is 8.24. The fourth-order valence-corrected chi connectivity index (χ4v) is 3.91. The maximum Gasteiger partial charge on any atom is 0.283 e. The number of nitrogens with one attached hydrogen (secondary N) is 1. The highest BCUT2D eigenvalue weighted by atomic mass is 32.2. The number of aromatic amines is 1. The van der Waals surface area contributed by atoms with E-state index in [1.807, 2.05) is 37.3 Å². The summed E-state index contributed by atoms with van der Waals surface area (Å²) in [7, 11) is 0. The lowest BCUT2D eigenvalue weighted by Gasteiger charge is -2.13. The smallest absolute Gasteiger partial charge is 0.283 e. The predicted octanol–water partition coefficient (Wildman–Crippen LogP) is 3.65. The second-order valence-electron chi connectivity index (χ2n) is 7.18. The minimum Gasteiger partial charge on any atom is -0.493 e. The van der Waals surface area contributed by atoms with Crippen molar-refractivity contribution < 1.29 is 14.2 Å². The van der Waals surface area contributed by atoms with E-state index in [1.54, 1.807) is 10.8 Å². The quantitative estimate of drug-likeness (QED) is 0.269. The van der Waals surface area contributed by atoms with Crippen LogP contribution in [0, 0.1) is 5.92 Å². The molecule has 30 heavy (non-hydrogen) atoms. The fourth-order valence-electron chi connectivity index (χ4n) is 3.05. The summed E-state index contributed by atoms with van der Waals surface area (Å²) in [5.74, 6) is 2.21. The van der Waals surface area contributed by atoms with Gasteiger partial charge in [0.2, 0.25) is 0 Å². The van der Waals surface area contributed by atoms with Gasteiger partial charge in [-0.3, -0.25) is 9.36 Å². The summed E-state index contributed by atoms with van der Waals surface area (Å²) < 4.78 is 18.3. The molecule has 7 nitrogen and oxygen atoms in total. The van der Waals surface area contributed by atoms with E-state index in [-0.39, 0.29) is 5.56 Å².